The summed E-state index contributed by atoms with van der Waals surface area (Å²) in [5.74, 6) is 0.0902. The van der Waals surface area contributed by atoms with E-state index in [2.05, 4.69) is 15.9 Å². The summed E-state index contributed by atoms with van der Waals surface area (Å²) in [5.41, 5.74) is 0.737. The lowest BCUT2D eigenvalue weighted by atomic mass is 9.98. The molecule has 0 aliphatic carbocycles. The Hall–Kier alpha value is -1.43. The number of halogens is 1. The molecule has 0 N–H and O–H groups in total. The van der Waals surface area contributed by atoms with Gasteiger partial charge in [-0.1, -0.05) is 15.9 Å². The Morgan fingerprint density at radius 2 is 2.06 bits per heavy atom. The zero-order chi connectivity index (χ0) is 13.1. The van der Waals surface area contributed by atoms with Gasteiger partial charge in [-0.05, 0) is 25.0 Å². The number of hydrogen-bond acceptors (Lipinski definition) is 4. The van der Waals surface area contributed by atoms with Gasteiger partial charge < -0.3 is 9.69 Å². The number of carbonyl (C=O) groups is 1. The number of carbonyl (C=O) groups excluding carboxylic acids is 1. The van der Waals surface area contributed by atoms with Crippen LogP contribution in [0.15, 0.2) is 22.7 Å². The van der Waals surface area contributed by atoms with Crippen LogP contribution in [-0.4, -0.2) is 24.3 Å². The summed E-state index contributed by atoms with van der Waals surface area (Å²) in [4.78, 5) is 23.3. The van der Waals surface area contributed by atoms with Crippen LogP contribution in [0.5, 0.6) is 0 Å². The lowest BCUT2D eigenvalue weighted by Crippen LogP contribution is -2.34. The Morgan fingerprint density at radius 1 is 1.39 bits per heavy atom. The highest BCUT2D eigenvalue weighted by Crippen LogP contribution is 2.33. The van der Waals surface area contributed by atoms with E-state index in [0.717, 1.165) is 23.6 Å². The second kappa shape index (κ2) is 5.48. The van der Waals surface area contributed by atoms with Crippen molar-refractivity contribution in [3.8, 4) is 0 Å². The fourth-order valence-corrected chi connectivity index (χ4v) is 2.53. The number of benzene rings is 1. The standard InChI is InChI=1S/C12H13BrN2O3/c13-10-1-2-11(15(17)18)12(7-10)14-5-3-9(8-16)4-6-14/h1-2,7-9H,3-6H2. The molecule has 0 saturated carbocycles. The minimum absolute atomic E-state index is 0.0902. The molecule has 2 rings (SSSR count). The van der Waals surface area contributed by atoms with Gasteiger partial charge in [0.2, 0.25) is 0 Å². The minimum Gasteiger partial charge on any atom is -0.366 e. The van der Waals surface area contributed by atoms with Crippen molar-refractivity contribution >= 4 is 33.6 Å². The van der Waals surface area contributed by atoms with E-state index in [1.165, 1.54) is 6.07 Å². The predicted molar refractivity (Wildman–Crippen MR) is 71.8 cm³/mol. The zero-order valence-electron chi connectivity index (χ0n) is 9.71. The Kier molecular flexibility index (Phi) is 3.96. The summed E-state index contributed by atoms with van der Waals surface area (Å²) >= 11 is 3.33. The number of piperidine rings is 1. The first-order valence-electron chi connectivity index (χ1n) is 5.76. The molecule has 0 aromatic heterocycles. The third-order valence-corrected chi connectivity index (χ3v) is 3.70. The molecule has 5 nitrogen and oxygen atoms in total. The molecule has 1 aromatic carbocycles. The van der Waals surface area contributed by atoms with Crippen LogP contribution in [0.3, 0.4) is 0 Å². The van der Waals surface area contributed by atoms with Crippen LogP contribution in [0.2, 0.25) is 0 Å². The quantitative estimate of drug-likeness (QED) is 0.489. The topological polar surface area (TPSA) is 63.5 Å². The molecule has 18 heavy (non-hydrogen) atoms. The van der Waals surface area contributed by atoms with Crippen molar-refractivity contribution in [2.75, 3.05) is 18.0 Å². The maximum absolute atomic E-state index is 11.0. The van der Waals surface area contributed by atoms with Crippen molar-refractivity contribution in [1.82, 2.24) is 0 Å². The van der Waals surface area contributed by atoms with Gasteiger partial charge in [0.05, 0.1) is 4.92 Å². The van der Waals surface area contributed by atoms with Crippen molar-refractivity contribution in [2.45, 2.75) is 12.8 Å². The first-order chi connectivity index (χ1) is 8.61. The monoisotopic (exact) mass is 312 g/mol. The smallest absolute Gasteiger partial charge is 0.292 e. The second-order valence-electron chi connectivity index (χ2n) is 4.35. The Bertz CT molecular complexity index is 470. The average Bonchev–Trinajstić information content (AvgIpc) is 2.38. The molecule has 96 valence electrons. The highest BCUT2D eigenvalue weighted by atomic mass is 79.9. The maximum Gasteiger partial charge on any atom is 0.292 e. The number of nitrogens with zero attached hydrogens (tertiary/aromatic N) is 2. The molecule has 1 aromatic rings. The maximum atomic E-state index is 11.0. The summed E-state index contributed by atoms with van der Waals surface area (Å²) in [5, 5.41) is 11.0. The van der Waals surface area contributed by atoms with Gasteiger partial charge >= 0.3 is 0 Å². The Morgan fingerprint density at radius 3 is 2.61 bits per heavy atom. The molecule has 1 heterocycles. The molecule has 6 heteroatoms. The van der Waals surface area contributed by atoms with Crippen LogP contribution in [-0.2, 0) is 4.79 Å². The second-order valence-corrected chi connectivity index (χ2v) is 5.27. The third-order valence-electron chi connectivity index (χ3n) is 3.21. The van der Waals surface area contributed by atoms with Gasteiger partial charge in [-0.25, -0.2) is 0 Å². The molecule has 1 fully saturated rings. The molecule has 0 amide bonds. The van der Waals surface area contributed by atoms with Crippen LogP contribution in [0.1, 0.15) is 12.8 Å². The first kappa shape index (κ1) is 13.0. The molecule has 0 unspecified atom stereocenters. The lowest BCUT2D eigenvalue weighted by Gasteiger charge is -2.31. The van der Waals surface area contributed by atoms with Crippen LogP contribution >= 0.6 is 15.9 Å². The number of rotatable bonds is 3. The normalized spacial score (nSPS) is 16.6. The van der Waals surface area contributed by atoms with Gasteiger partial charge in [-0.2, -0.15) is 0 Å². The van der Waals surface area contributed by atoms with E-state index < -0.39 is 0 Å². The van der Waals surface area contributed by atoms with E-state index in [4.69, 9.17) is 0 Å². The predicted octanol–water partition coefficient (Wildman–Crippen LogP) is 2.77. The van der Waals surface area contributed by atoms with Gasteiger partial charge in [0.15, 0.2) is 0 Å². The van der Waals surface area contributed by atoms with Gasteiger partial charge in [-0.3, -0.25) is 10.1 Å². The molecule has 0 radical (unpaired) electrons. The van der Waals surface area contributed by atoms with Crippen LogP contribution in [0.25, 0.3) is 0 Å². The van der Waals surface area contributed by atoms with Crippen LogP contribution in [0.4, 0.5) is 11.4 Å². The summed E-state index contributed by atoms with van der Waals surface area (Å²) in [6, 6.07) is 4.93. The van der Waals surface area contributed by atoms with E-state index in [1.54, 1.807) is 12.1 Å². The summed E-state index contributed by atoms with van der Waals surface area (Å²) in [6.45, 7) is 1.36. The molecular formula is C12H13BrN2O3. The molecular weight excluding hydrogens is 300 g/mol. The molecule has 0 atom stereocenters. The summed E-state index contributed by atoms with van der Waals surface area (Å²) in [7, 11) is 0. The van der Waals surface area contributed by atoms with Crippen molar-refractivity contribution in [2.24, 2.45) is 5.92 Å². The first-order valence-corrected chi connectivity index (χ1v) is 6.55. The fourth-order valence-electron chi connectivity index (χ4n) is 2.18. The van der Waals surface area contributed by atoms with Gasteiger partial charge in [0.1, 0.15) is 12.0 Å². The van der Waals surface area contributed by atoms with Gasteiger partial charge in [0.25, 0.3) is 5.69 Å². The largest absolute Gasteiger partial charge is 0.366 e. The lowest BCUT2D eigenvalue weighted by molar-refractivity contribution is -0.384. The Labute approximate surface area is 113 Å². The average molecular weight is 313 g/mol. The Balaban J connectivity index is 2.25. The van der Waals surface area contributed by atoms with E-state index in [-0.39, 0.29) is 16.5 Å². The number of nitro groups is 1. The number of anilines is 1. The van der Waals surface area contributed by atoms with E-state index in [0.29, 0.717) is 18.8 Å². The van der Waals surface area contributed by atoms with Crippen molar-refractivity contribution in [1.29, 1.82) is 0 Å². The number of aldehydes is 1. The van der Waals surface area contributed by atoms with Crippen molar-refractivity contribution in [3.05, 3.63) is 32.8 Å². The van der Waals surface area contributed by atoms with Gasteiger partial charge in [0, 0.05) is 29.5 Å². The molecule has 0 bridgehead atoms. The van der Waals surface area contributed by atoms with E-state index >= 15 is 0 Å². The number of hydrogen-bond donors (Lipinski definition) is 0. The number of nitro benzene ring substituents is 1. The summed E-state index contributed by atoms with van der Waals surface area (Å²) in [6.07, 6.45) is 2.49. The summed E-state index contributed by atoms with van der Waals surface area (Å²) < 4.78 is 0.820. The SMILES string of the molecule is O=CC1CCN(c2cc(Br)ccc2[N+](=O)[O-])CC1. The minimum atomic E-state index is -0.367. The van der Waals surface area contributed by atoms with Crippen molar-refractivity contribution < 1.29 is 9.72 Å². The fraction of sp³-hybridized carbons (Fsp3) is 0.417. The van der Waals surface area contributed by atoms with Gasteiger partial charge in [-0.15, -0.1) is 0 Å². The highest BCUT2D eigenvalue weighted by Gasteiger charge is 2.24. The molecule has 0 spiro atoms. The zero-order valence-corrected chi connectivity index (χ0v) is 11.3. The van der Waals surface area contributed by atoms with Crippen molar-refractivity contribution in [3.63, 3.8) is 0 Å². The molecule has 1 saturated heterocycles. The molecule has 1 aliphatic heterocycles. The molecule has 1 aliphatic rings. The van der Waals surface area contributed by atoms with E-state index in [9.17, 15) is 14.9 Å². The van der Waals surface area contributed by atoms with E-state index in [1.807, 2.05) is 4.90 Å². The third kappa shape index (κ3) is 2.69. The highest BCUT2D eigenvalue weighted by molar-refractivity contribution is 9.10. The van der Waals surface area contributed by atoms with Crippen LogP contribution in [0, 0.1) is 16.0 Å². The van der Waals surface area contributed by atoms with Crippen LogP contribution < -0.4 is 4.90 Å².